The van der Waals surface area contributed by atoms with Crippen LogP contribution in [0.2, 0.25) is 0 Å². The van der Waals surface area contributed by atoms with Gasteiger partial charge in [0.2, 0.25) is 5.78 Å². The highest BCUT2D eigenvalue weighted by molar-refractivity contribution is 6.04. The van der Waals surface area contributed by atoms with Crippen molar-refractivity contribution in [1.29, 1.82) is 0 Å². The van der Waals surface area contributed by atoms with Crippen LogP contribution in [0.1, 0.15) is 56.3 Å². The number of aromatic nitrogens is 5. The molecule has 3 aromatic rings. The molecule has 2 heterocycles. The van der Waals surface area contributed by atoms with Gasteiger partial charge in [-0.3, -0.25) is 4.79 Å². The standard InChI is InChI=1S/C20H21N5O5/c1-5-29-20(28)16-11(2)17(22-12(16)3)18(26)13(4)30-19(27)14-6-8-15(9-7-14)25-10-21-23-24-25/h6-10,13,22H,5H2,1-4H3/t13-/m0/s1. The van der Waals surface area contributed by atoms with Gasteiger partial charge in [-0.15, -0.1) is 5.10 Å². The third kappa shape index (κ3) is 4.12. The summed E-state index contributed by atoms with van der Waals surface area (Å²) in [6.45, 7) is 6.74. The molecule has 0 aliphatic heterocycles. The van der Waals surface area contributed by atoms with Crippen molar-refractivity contribution in [2.45, 2.75) is 33.8 Å². The summed E-state index contributed by atoms with van der Waals surface area (Å²) < 4.78 is 11.8. The van der Waals surface area contributed by atoms with Gasteiger partial charge in [0.1, 0.15) is 6.33 Å². The van der Waals surface area contributed by atoms with E-state index in [-0.39, 0.29) is 17.9 Å². The molecule has 2 aromatic heterocycles. The molecule has 0 radical (unpaired) electrons. The Labute approximate surface area is 172 Å². The van der Waals surface area contributed by atoms with Crippen molar-refractivity contribution in [2.24, 2.45) is 0 Å². The summed E-state index contributed by atoms with van der Waals surface area (Å²) in [5.74, 6) is -1.59. The number of nitrogens with one attached hydrogen (secondary N) is 1. The van der Waals surface area contributed by atoms with Crippen LogP contribution in [-0.2, 0) is 9.47 Å². The van der Waals surface area contributed by atoms with Crippen LogP contribution < -0.4 is 0 Å². The molecule has 1 atom stereocenters. The lowest BCUT2D eigenvalue weighted by atomic mass is 10.1. The van der Waals surface area contributed by atoms with Crippen molar-refractivity contribution in [1.82, 2.24) is 25.2 Å². The molecule has 3 rings (SSSR count). The number of tetrazole rings is 1. The molecule has 1 aromatic carbocycles. The zero-order valence-electron chi connectivity index (χ0n) is 17.0. The number of Topliss-reactive ketones (excluding diaryl/α,β-unsaturated/α-hetero) is 1. The van der Waals surface area contributed by atoms with E-state index < -0.39 is 23.8 Å². The Balaban J connectivity index is 1.72. The van der Waals surface area contributed by atoms with Crippen molar-refractivity contribution < 1.29 is 23.9 Å². The summed E-state index contributed by atoms with van der Waals surface area (Å²) in [5.41, 5.74) is 2.46. The van der Waals surface area contributed by atoms with Gasteiger partial charge in [0.05, 0.1) is 29.1 Å². The van der Waals surface area contributed by atoms with Crippen LogP contribution in [-0.4, -0.2) is 55.6 Å². The predicted molar refractivity (Wildman–Crippen MR) is 105 cm³/mol. The van der Waals surface area contributed by atoms with Crippen LogP contribution in [0.4, 0.5) is 0 Å². The molecule has 156 valence electrons. The first-order valence-corrected chi connectivity index (χ1v) is 9.28. The number of esters is 2. The van der Waals surface area contributed by atoms with Gasteiger partial charge in [-0.25, -0.2) is 14.3 Å². The molecule has 0 fully saturated rings. The van der Waals surface area contributed by atoms with Gasteiger partial charge in [0, 0.05) is 5.69 Å². The molecule has 10 heteroatoms. The van der Waals surface area contributed by atoms with E-state index in [2.05, 4.69) is 20.5 Å². The van der Waals surface area contributed by atoms with Crippen LogP contribution in [0.15, 0.2) is 30.6 Å². The van der Waals surface area contributed by atoms with E-state index in [0.717, 1.165) is 0 Å². The van der Waals surface area contributed by atoms with E-state index >= 15 is 0 Å². The van der Waals surface area contributed by atoms with E-state index in [1.54, 1.807) is 45.0 Å². The second-order valence-electron chi connectivity index (χ2n) is 6.56. The molecule has 0 aliphatic rings. The van der Waals surface area contributed by atoms with E-state index in [4.69, 9.17) is 9.47 Å². The minimum atomic E-state index is -1.05. The number of rotatable bonds is 7. The Hall–Kier alpha value is -3.82. The summed E-state index contributed by atoms with van der Waals surface area (Å²) in [5, 5.41) is 10.9. The van der Waals surface area contributed by atoms with Gasteiger partial charge in [-0.1, -0.05) is 0 Å². The molecule has 0 saturated carbocycles. The predicted octanol–water partition coefficient (Wildman–Crippen LogP) is 2.21. The lowest BCUT2D eigenvalue weighted by Crippen LogP contribution is -2.25. The number of ether oxygens (including phenoxy) is 2. The zero-order valence-corrected chi connectivity index (χ0v) is 17.0. The van der Waals surface area contributed by atoms with Crippen LogP contribution in [0.25, 0.3) is 5.69 Å². The maximum Gasteiger partial charge on any atom is 0.340 e. The maximum atomic E-state index is 12.8. The van der Waals surface area contributed by atoms with Crippen LogP contribution >= 0.6 is 0 Å². The molecule has 0 spiro atoms. The number of carbonyl (C=O) groups is 3. The number of hydrogen-bond acceptors (Lipinski definition) is 8. The average Bonchev–Trinajstić information content (AvgIpc) is 3.36. The Bertz CT molecular complexity index is 1070. The van der Waals surface area contributed by atoms with Crippen molar-refractivity contribution >= 4 is 17.7 Å². The molecule has 0 bridgehead atoms. The van der Waals surface area contributed by atoms with E-state index in [9.17, 15) is 14.4 Å². The van der Waals surface area contributed by atoms with Crippen molar-refractivity contribution in [3.05, 3.63) is 58.7 Å². The topological polar surface area (TPSA) is 129 Å². The smallest absolute Gasteiger partial charge is 0.340 e. The van der Waals surface area contributed by atoms with Crippen molar-refractivity contribution in [2.75, 3.05) is 6.61 Å². The molecular weight excluding hydrogens is 390 g/mol. The van der Waals surface area contributed by atoms with E-state index in [1.807, 2.05) is 0 Å². The number of carbonyl (C=O) groups excluding carboxylic acids is 3. The molecule has 0 saturated heterocycles. The molecule has 10 nitrogen and oxygen atoms in total. The highest BCUT2D eigenvalue weighted by atomic mass is 16.5. The number of benzene rings is 1. The quantitative estimate of drug-likeness (QED) is 0.463. The van der Waals surface area contributed by atoms with E-state index in [0.29, 0.717) is 22.5 Å². The molecule has 1 N–H and O–H groups in total. The summed E-state index contributed by atoms with van der Waals surface area (Å²) in [6, 6.07) is 6.42. The lowest BCUT2D eigenvalue weighted by Gasteiger charge is -2.12. The van der Waals surface area contributed by atoms with Gasteiger partial charge < -0.3 is 14.5 Å². The second-order valence-corrected chi connectivity index (χ2v) is 6.56. The van der Waals surface area contributed by atoms with Gasteiger partial charge in [-0.2, -0.15) is 0 Å². The van der Waals surface area contributed by atoms with Gasteiger partial charge in [0.15, 0.2) is 6.10 Å². The average molecular weight is 411 g/mol. The fourth-order valence-corrected chi connectivity index (χ4v) is 3.02. The summed E-state index contributed by atoms with van der Waals surface area (Å²) in [7, 11) is 0. The fourth-order valence-electron chi connectivity index (χ4n) is 3.02. The molecule has 0 unspecified atom stereocenters. The summed E-state index contributed by atoms with van der Waals surface area (Å²) in [4.78, 5) is 40.3. The van der Waals surface area contributed by atoms with Gasteiger partial charge in [-0.05, 0) is 68.0 Å². The summed E-state index contributed by atoms with van der Waals surface area (Å²) >= 11 is 0. The Morgan fingerprint density at radius 3 is 2.43 bits per heavy atom. The monoisotopic (exact) mass is 411 g/mol. The Kier molecular flexibility index (Phi) is 6.05. The number of aryl methyl sites for hydroxylation is 1. The van der Waals surface area contributed by atoms with Crippen LogP contribution in [0.3, 0.4) is 0 Å². The molecule has 0 amide bonds. The van der Waals surface area contributed by atoms with Gasteiger partial charge >= 0.3 is 11.9 Å². The minimum absolute atomic E-state index is 0.213. The normalized spacial score (nSPS) is 11.7. The Morgan fingerprint density at radius 1 is 1.13 bits per heavy atom. The van der Waals surface area contributed by atoms with Crippen molar-refractivity contribution in [3.8, 4) is 5.69 Å². The largest absolute Gasteiger partial charge is 0.462 e. The third-order valence-corrected chi connectivity index (χ3v) is 4.53. The number of H-pyrrole nitrogens is 1. The highest BCUT2D eigenvalue weighted by Crippen LogP contribution is 2.21. The third-order valence-electron chi connectivity index (χ3n) is 4.53. The number of nitrogens with zero attached hydrogens (tertiary/aromatic N) is 4. The summed E-state index contributed by atoms with van der Waals surface area (Å²) in [6.07, 6.45) is 0.378. The molecule has 0 aliphatic carbocycles. The van der Waals surface area contributed by atoms with Crippen molar-refractivity contribution in [3.63, 3.8) is 0 Å². The lowest BCUT2D eigenvalue weighted by molar-refractivity contribution is 0.0316. The highest BCUT2D eigenvalue weighted by Gasteiger charge is 2.27. The van der Waals surface area contributed by atoms with Crippen LogP contribution in [0, 0.1) is 13.8 Å². The first-order valence-electron chi connectivity index (χ1n) is 9.28. The molecule has 30 heavy (non-hydrogen) atoms. The Morgan fingerprint density at radius 2 is 1.83 bits per heavy atom. The second kappa shape index (κ2) is 8.68. The number of ketones is 1. The maximum absolute atomic E-state index is 12.8. The first kappa shape index (κ1) is 20.9. The van der Waals surface area contributed by atoms with Gasteiger partial charge in [0.25, 0.3) is 0 Å². The zero-order chi connectivity index (χ0) is 21.8. The van der Waals surface area contributed by atoms with E-state index in [1.165, 1.54) is 17.9 Å². The number of hydrogen-bond donors (Lipinski definition) is 1. The first-order chi connectivity index (χ1) is 14.3. The fraction of sp³-hybridized carbons (Fsp3) is 0.300. The number of aromatic amines is 1. The SMILES string of the molecule is CCOC(=O)c1c(C)[nH]c(C(=O)[C@H](C)OC(=O)c2ccc(-n3cnnn3)cc2)c1C. The molecular formula is C20H21N5O5. The van der Waals surface area contributed by atoms with Crippen LogP contribution in [0.5, 0.6) is 0 Å². The minimum Gasteiger partial charge on any atom is -0.462 e.